The third-order valence-corrected chi connectivity index (χ3v) is 5.57. The summed E-state index contributed by atoms with van der Waals surface area (Å²) in [4.78, 5) is 14.6. The molecule has 0 saturated carbocycles. The zero-order valence-electron chi connectivity index (χ0n) is 16.9. The summed E-state index contributed by atoms with van der Waals surface area (Å²) in [7, 11) is 0. The Morgan fingerprint density at radius 1 is 1.22 bits per heavy atom. The lowest BCUT2D eigenvalue weighted by Crippen LogP contribution is -2.39. The Morgan fingerprint density at radius 3 is 2.62 bits per heavy atom. The average Bonchev–Trinajstić information content (AvgIpc) is 3.28. The summed E-state index contributed by atoms with van der Waals surface area (Å²) in [6.07, 6.45) is 5.50. The van der Waals surface area contributed by atoms with E-state index in [0.29, 0.717) is 47.3 Å². The predicted molar refractivity (Wildman–Crippen MR) is 119 cm³/mol. The lowest BCUT2D eigenvalue weighted by molar-refractivity contribution is 0.0176. The highest BCUT2D eigenvalue weighted by Crippen LogP contribution is 2.35. The third-order valence-electron chi connectivity index (χ3n) is 4.97. The highest BCUT2D eigenvalue weighted by atomic mass is 35.5. The van der Waals surface area contributed by atoms with Crippen LogP contribution in [0.25, 0.3) is 17.0 Å². The SMILES string of the molecule is CC(F)(F)c1ccc(N=C(N)N2CC=C(c3ncc(-c4ncon4)cc3Cl)CC2)cc1Cl. The van der Waals surface area contributed by atoms with Crippen LogP contribution >= 0.6 is 23.2 Å². The maximum absolute atomic E-state index is 13.5. The van der Waals surface area contributed by atoms with Gasteiger partial charge in [-0.05, 0) is 36.3 Å². The summed E-state index contributed by atoms with van der Waals surface area (Å²) in [5, 5.41) is 4.20. The molecule has 0 fully saturated rings. The van der Waals surface area contributed by atoms with Gasteiger partial charge in [-0.1, -0.05) is 34.4 Å². The van der Waals surface area contributed by atoms with Crippen molar-refractivity contribution in [2.24, 2.45) is 10.7 Å². The number of nitrogens with two attached hydrogens (primary N) is 1. The van der Waals surface area contributed by atoms with Crippen LogP contribution in [0.1, 0.15) is 24.6 Å². The van der Waals surface area contributed by atoms with Gasteiger partial charge in [0.1, 0.15) is 0 Å². The molecule has 0 unspecified atom stereocenters. The number of rotatable bonds is 4. The molecular weight excluding hydrogens is 461 g/mol. The van der Waals surface area contributed by atoms with E-state index in [4.69, 9.17) is 33.5 Å². The van der Waals surface area contributed by atoms with Crippen molar-refractivity contribution in [1.82, 2.24) is 20.0 Å². The van der Waals surface area contributed by atoms with Gasteiger partial charge in [0, 0.05) is 37.3 Å². The highest BCUT2D eigenvalue weighted by molar-refractivity contribution is 6.32. The fourth-order valence-electron chi connectivity index (χ4n) is 3.32. The van der Waals surface area contributed by atoms with Gasteiger partial charge in [-0.3, -0.25) is 4.98 Å². The van der Waals surface area contributed by atoms with Crippen molar-refractivity contribution in [3.05, 3.63) is 64.2 Å². The van der Waals surface area contributed by atoms with Crippen LogP contribution in [0.4, 0.5) is 14.5 Å². The molecule has 0 radical (unpaired) electrons. The predicted octanol–water partition coefficient (Wildman–Crippen LogP) is 5.29. The van der Waals surface area contributed by atoms with E-state index in [-0.39, 0.29) is 16.5 Å². The van der Waals surface area contributed by atoms with Crippen molar-refractivity contribution in [3.8, 4) is 11.4 Å². The number of guanidine groups is 1. The summed E-state index contributed by atoms with van der Waals surface area (Å²) in [5.74, 6) is -2.36. The molecule has 0 atom stereocenters. The Balaban J connectivity index is 1.48. The standard InChI is InChI=1S/C21H18Cl2F2N6O/c1-21(24,25)15-3-2-14(9-16(15)22)29-20(26)31-6-4-12(5-7-31)18-17(23)8-13(10-27-18)19-28-11-32-30-19/h2-4,8-11H,5-7H2,1H3,(H2,26,29). The van der Waals surface area contributed by atoms with Gasteiger partial charge in [0.05, 0.1) is 21.4 Å². The van der Waals surface area contributed by atoms with Crippen molar-refractivity contribution < 1.29 is 13.3 Å². The van der Waals surface area contributed by atoms with Gasteiger partial charge in [-0.15, -0.1) is 0 Å². The molecular formula is C21H18Cl2F2N6O. The topological polar surface area (TPSA) is 93.4 Å². The van der Waals surface area contributed by atoms with E-state index in [1.807, 2.05) is 11.0 Å². The van der Waals surface area contributed by atoms with E-state index in [0.717, 1.165) is 12.5 Å². The van der Waals surface area contributed by atoms with Crippen molar-refractivity contribution in [2.45, 2.75) is 19.3 Å². The second-order valence-electron chi connectivity index (χ2n) is 7.26. The molecule has 0 bridgehead atoms. The van der Waals surface area contributed by atoms with E-state index in [2.05, 4.69) is 20.1 Å². The number of aromatic nitrogens is 3. The lowest BCUT2D eigenvalue weighted by Gasteiger charge is -2.27. The van der Waals surface area contributed by atoms with Crippen LogP contribution in [0.5, 0.6) is 0 Å². The number of aliphatic imine (C=N–C) groups is 1. The Kier molecular flexibility index (Phi) is 6.12. The molecule has 0 spiro atoms. The summed E-state index contributed by atoms with van der Waals surface area (Å²) in [6.45, 7) is 1.88. The molecule has 1 aliphatic rings. The van der Waals surface area contributed by atoms with Gasteiger partial charge in [0.15, 0.2) is 5.96 Å². The van der Waals surface area contributed by atoms with Crippen molar-refractivity contribution in [1.29, 1.82) is 0 Å². The smallest absolute Gasteiger partial charge is 0.271 e. The molecule has 2 N–H and O–H groups in total. The van der Waals surface area contributed by atoms with E-state index in [1.54, 1.807) is 12.3 Å². The number of benzene rings is 1. The highest BCUT2D eigenvalue weighted by Gasteiger charge is 2.27. The molecule has 3 heterocycles. The van der Waals surface area contributed by atoms with Crippen LogP contribution in [0, 0.1) is 0 Å². The van der Waals surface area contributed by atoms with Gasteiger partial charge < -0.3 is 15.2 Å². The second-order valence-corrected chi connectivity index (χ2v) is 8.07. The summed E-state index contributed by atoms with van der Waals surface area (Å²) >= 11 is 12.4. The number of alkyl halides is 2. The summed E-state index contributed by atoms with van der Waals surface area (Å²) < 4.78 is 31.8. The number of nitrogens with zero attached hydrogens (tertiary/aromatic N) is 5. The molecule has 32 heavy (non-hydrogen) atoms. The second kappa shape index (κ2) is 8.84. The molecule has 0 amide bonds. The molecule has 3 aromatic rings. The molecule has 166 valence electrons. The van der Waals surface area contributed by atoms with Gasteiger partial charge in [-0.2, -0.15) is 4.98 Å². The molecule has 7 nitrogen and oxygen atoms in total. The van der Waals surface area contributed by atoms with Crippen LogP contribution in [-0.2, 0) is 5.92 Å². The summed E-state index contributed by atoms with van der Waals surface area (Å²) in [5.41, 5.74) is 8.60. The Hall–Kier alpha value is -3.04. The molecule has 1 aliphatic heterocycles. The fraction of sp³-hybridized carbons (Fsp3) is 0.238. The quantitative estimate of drug-likeness (QED) is 0.404. The molecule has 0 aliphatic carbocycles. The van der Waals surface area contributed by atoms with E-state index in [9.17, 15) is 8.78 Å². The minimum atomic E-state index is -3.03. The maximum Gasteiger partial charge on any atom is 0.271 e. The number of pyridine rings is 1. The number of halogens is 4. The molecule has 1 aromatic carbocycles. The van der Waals surface area contributed by atoms with Crippen LogP contribution in [0.15, 0.2) is 52.4 Å². The first-order valence-corrected chi connectivity index (χ1v) is 10.4. The average molecular weight is 479 g/mol. The van der Waals surface area contributed by atoms with Crippen LogP contribution < -0.4 is 5.73 Å². The Bertz CT molecular complexity index is 1190. The zero-order valence-corrected chi connectivity index (χ0v) is 18.4. The van der Waals surface area contributed by atoms with E-state index < -0.39 is 5.92 Å². The van der Waals surface area contributed by atoms with Crippen molar-refractivity contribution in [2.75, 3.05) is 13.1 Å². The Labute approximate surface area is 192 Å². The van der Waals surface area contributed by atoms with Crippen LogP contribution in [0.2, 0.25) is 10.0 Å². The molecule has 0 saturated heterocycles. The number of hydrogen-bond acceptors (Lipinski definition) is 5. The van der Waals surface area contributed by atoms with Gasteiger partial charge in [0.2, 0.25) is 12.2 Å². The van der Waals surface area contributed by atoms with Gasteiger partial charge in [0.25, 0.3) is 5.92 Å². The van der Waals surface area contributed by atoms with E-state index in [1.165, 1.54) is 24.6 Å². The van der Waals surface area contributed by atoms with Gasteiger partial charge in [-0.25, -0.2) is 13.8 Å². The minimum Gasteiger partial charge on any atom is -0.369 e. The largest absolute Gasteiger partial charge is 0.369 e. The fourth-order valence-corrected chi connectivity index (χ4v) is 3.95. The zero-order chi connectivity index (χ0) is 22.9. The first-order valence-electron chi connectivity index (χ1n) is 9.61. The van der Waals surface area contributed by atoms with Crippen LogP contribution in [-0.4, -0.2) is 39.1 Å². The third kappa shape index (κ3) is 4.73. The first kappa shape index (κ1) is 22.2. The molecule has 2 aromatic heterocycles. The monoisotopic (exact) mass is 478 g/mol. The number of hydrogen-bond donors (Lipinski definition) is 1. The maximum atomic E-state index is 13.5. The van der Waals surface area contributed by atoms with Crippen LogP contribution in [0.3, 0.4) is 0 Å². The lowest BCUT2D eigenvalue weighted by atomic mass is 10.0. The van der Waals surface area contributed by atoms with Crippen molar-refractivity contribution in [3.63, 3.8) is 0 Å². The Morgan fingerprint density at radius 2 is 2.03 bits per heavy atom. The van der Waals surface area contributed by atoms with Gasteiger partial charge >= 0.3 is 0 Å². The summed E-state index contributed by atoms with van der Waals surface area (Å²) in [6, 6.07) is 5.84. The molecule has 11 heteroatoms. The normalized spacial score (nSPS) is 15.1. The minimum absolute atomic E-state index is 0.0580. The first-order chi connectivity index (χ1) is 15.2. The molecule has 4 rings (SSSR count). The van der Waals surface area contributed by atoms with E-state index >= 15 is 0 Å². The van der Waals surface area contributed by atoms with Crippen molar-refractivity contribution >= 4 is 40.4 Å².